The highest BCUT2D eigenvalue weighted by atomic mass is 16.5. The Hall–Kier alpha value is -3.65. The maximum atomic E-state index is 12.1. The number of benzene rings is 2. The van der Waals surface area contributed by atoms with Crippen LogP contribution in [0.1, 0.15) is 15.9 Å². The first kappa shape index (κ1) is 21.6. The van der Waals surface area contributed by atoms with E-state index in [2.05, 4.69) is 44.5 Å². The zero-order valence-corrected chi connectivity index (χ0v) is 18.1. The van der Waals surface area contributed by atoms with E-state index in [-0.39, 0.29) is 12.5 Å². The number of aryl methyl sites for hydroxylation is 1. The summed E-state index contributed by atoms with van der Waals surface area (Å²) >= 11 is 0. The topological polar surface area (TPSA) is 79.7 Å². The number of nitrogens with zero attached hydrogens (tertiary/aromatic N) is 4. The van der Waals surface area contributed by atoms with Gasteiger partial charge in [-0.3, -0.25) is 14.4 Å². The summed E-state index contributed by atoms with van der Waals surface area (Å²) in [6.07, 6.45) is 2.95. The molecule has 0 spiro atoms. The summed E-state index contributed by atoms with van der Waals surface area (Å²) in [7, 11) is 1.71. The molecule has 1 aliphatic heterocycles. The van der Waals surface area contributed by atoms with Gasteiger partial charge in [-0.05, 0) is 29.8 Å². The molecule has 1 N–H and O–H groups in total. The molecule has 2 aromatic carbocycles. The van der Waals surface area contributed by atoms with Crippen LogP contribution in [0.15, 0.2) is 67.0 Å². The molecule has 0 saturated carbocycles. The zero-order valence-electron chi connectivity index (χ0n) is 18.1. The Kier molecular flexibility index (Phi) is 6.81. The van der Waals surface area contributed by atoms with Crippen molar-refractivity contribution in [2.75, 3.05) is 43.0 Å². The summed E-state index contributed by atoms with van der Waals surface area (Å²) in [6, 6.07) is 18.3. The van der Waals surface area contributed by atoms with E-state index in [4.69, 9.17) is 4.74 Å². The first-order chi connectivity index (χ1) is 15.6. The molecule has 0 atom stereocenters. The van der Waals surface area contributed by atoms with Gasteiger partial charge in [-0.2, -0.15) is 5.10 Å². The molecule has 1 aromatic heterocycles. The highest BCUT2D eigenvalue weighted by Gasteiger charge is 2.17. The highest BCUT2D eigenvalue weighted by molar-refractivity contribution is 5.95. The summed E-state index contributed by atoms with van der Waals surface area (Å²) in [5.74, 6) is -0.959. The fourth-order valence-corrected chi connectivity index (χ4v) is 3.70. The number of hydrogen-bond donors (Lipinski definition) is 1. The van der Waals surface area contributed by atoms with E-state index in [0.717, 1.165) is 38.4 Å². The molecular formula is C24H27N5O3. The average molecular weight is 434 g/mol. The lowest BCUT2D eigenvalue weighted by Crippen LogP contribution is -2.45. The van der Waals surface area contributed by atoms with Gasteiger partial charge in [0.2, 0.25) is 0 Å². The van der Waals surface area contributed by atoms with E-state index < -0.39 is 5.97 Å². The summed E-state index contributed by atoms with van der Waals surface area (Å²) in [4.78, 5) is 28.8. The predicted molar refractivity (Wildman–Crippen MR) is 122 cm³/mol. The molecule has 3 aromatic rings. The van der Waals surface area contributed by atoms with Gasteiger partial charge in [0.1, 0.15) is 0 Å². The summed E-state index contributed by atoms with van der Waals surface area (Å²) in [6.45, 7) is 4.57. The standard InChI is InChI=1S/C24H27N5O3/c1-27-17-20(15-25-27)24(31)32-18-23(30)26-21-7-9-22(10-8-21)29-13-11-28(12-14-29)16-19-5-3-2-4-6-19/h2-10,15,17H,11-14,16,18H2,1H3,(H,26,30). The smallest absolute Gasteiger partial charge is 0.341 e. The van der Waals surface area contributed by atoms with Gasteiger partial charge in [-0.15, -0.1) is 0 Å². The van der Waals surface area contributed by atoms with Crippen LogP contribution in [-0.4, -0.2) is 59.3 Å². The van der Waals surface area contributed by atoms with E-state index in [1.165, 1.54) is 16.4 Å². The Morgan fingerprint density at radius 1 is 1.00 bits per heavy atom. The number of amides is 1. The Labute approximate surface area is 187 Å². The van der Waals surface area contributed by atoms with Crippen molar-refractivity contribution in [3.8, 4) is 0 Å². The lowest BCUT2D eigenvalue weighted by atomic mass is 10.2. The fourth-order valence-electron chi connectivity index (χ4n) is 3.70. The van der Waals surface area contributed by atoms with Crippen LogP contribution in [0.25, 0.3) is 0 Å². The van der Waals surface area contributed by atoms with Crippen LogP contribution in [-0.2, 0) is 23.1 Å². The van der Waals surface area contributed by atoms with Crippen molar-refractivity contribution in [2.45, 2.75) is 6.54 Å². The third kappa shape index (κ3) is 5.73. The quantitative estimate of drug-likeness (QED) is 0.577. The first-order valence-electron chi connectivity index (χ1n) is 10.6. The molecule has 166 valence electrons. The van der Waals surface area contributed by atoms with Gasteiger partial charge in [0.05, 0.1) is 11.8 Å². The van der Waals surface area contributed by atoms with Crippen LogP contribution >= 0.6 is 0 Å². The third-order valence-electron chi connectivity index (χ3n) is 5.41. The molecule has 1 saturated heterocycles. The molecule has 2 heterocycles. The van der Waals surface area contributed by atoms with Crippen molar-refractivity contribution in [3.05, 3.63) is 78.1 Å². The minimum absolute atomic E-state index is 0.313. The number of rotatable bonds is 7. The number of nitrogens with one attached hydrogen (secondary N) is 1. The van der Waals surface area contributed by atoms with Gasteiger partial charge in [0.15, 0.2) is 6.61 Å². The van der Waals surface area contributed by atoms with Crippen LogP contribution in [0.4, 0.5) is 11.4 Å². The van der Waals surface area contributed by atoms with E-state index in [1.807, 2.05) is 30.3 Å². The number of ether oxygens (including phenoxy) is 1. The second-order valence-electron chi connectivity index (χ2n) is 7.82. The molecule has 4 rings (SSSR count). The number of carbonyl (C=O) groups is 2. The average Bonchev–Trinajstić information content (AvgIpc) is 3.26. The van der Waals surface area contributed by atoms with E-state index >= 15 is 0 Å². The van der Waals surface area contributed by atoms with Crippen LogP contribution in [0, 0.1) is 0 Å². The molecule has 0 unspecified atom stereocenters. The Morgan fingerprint density at radius 3 is 2.38 bits per heavy atom. The normalized spacial score (nSPS) is 14.2. The molecule has 1 fully saturated rings. The van der Waals surface area contributed by atoms with Crippen molar-refractivity contribution < 1.29 is 14.3 Å². The van der Waals surface area contributed by atoms with Crippen molar-refractivity contribution in [1.29, 1.82) is 0 Å². The number of anilines is 2. The highest BCUT2D eigenvalue weighted by Crippen LogP contribution is 2.20. The van der Waals surface area contributed by atoms with Crippen molar-refractivity contribution in [3.63, 3.8) is 0 Å². The van der Waals surface area contributed by atoms with E-state index in [9.17, 15) is 9.59 Å². The maximum Gasteiger partial charge on any atom is 0.341 e. The minimum atomic E-state index is -0.574. The summed E-state index contributed by atoms with van der Waals surface area (Å²) < 4.78 is 6.53. The van der Waals surface area contributed by atoms with Crippen molar-refractivity contribution >= 4 is 23.3 Å². The molecule has 8 nitrogen and oxygen atoms in total. The van der Waals surface area contributed by atoms with Gasteiger partial charge < -0.3 is 15.0 Å². The van der Waals surface area contributed by atoms with E-state index in [0.29, 0.717) is 11.3 Å². The van der Waals surface area contributed by atoms with Crippen LogP contribution < -0.4 is 10.2 Å². The van der Waals surface area contributed by atoms with Gasteiger partial charge in [-0.1, -0.05) is 30.3 Å². The molecule has 0 aliphatic carbocycles. The maximum absolute atomic E-state index is 12.1. The van der Waals surface area contributed by atoms with Crippen LogP contribution in [0.3, 0.4) is 0 Å². The van der Waals surface area contributed by atoms with Crippen LogP contribution in [0.2, 0.25) is 0 Å². The second kappa shape index (κ2) is 10.1. The van der Waals surface area contributed by atoms with Crippen molar-refractivity contribution in [2.24, 2.45) is 7.05 Å². The van der Waals surface area contributed by atoms with Gasteiger partial charge in [0.25, 0.3) is 5.91 Å². The number of aromatic nitrogens is 2. The lowest BCUT2D eigenvalue weighted by Gasteiger charge is -2.36. The Bertz CT molecular complexity index is 1040. The lowest BCUT2D eigenvalue weighted by molar-refractivity contribution is -0.119. The van der Waals surface area contributed by atoms with Gasteiger partial charge in [-0.25, -0.2) is 4.79 Å². The molecule has 1 aliphatic rings. The number of hydrogen-bond acceptors (Lipinski definition) is 6. The van der Waals surface area contributed by atoms with Gasteiger partial charge >= 0.3 is 5.97 Å². The fraction of sp³-hybridized carbons (Fsp3) is 0.292. The summed E-state index contributed by atoms with van der Waals surface area (Å²) in [5, 5.41) is 6.67. The second-order valence-corrected chi connectivity index (χ2v) is 7.82. The van der Waals surface area contributed by atoms with Crippen molar-refractivity contribution in [1.82, 2.24) is 14.7 Å². The zero-order chi connectivity index (χ0) is 22.3. The molecule has 0 bridgehead atoms. The molecular weight excluding hydrogens is 406 g/mol. The molecule has 8 heteroatoms. The molecule has 0 radical (unpaired) electrons. The Balaban J connectivity index is 1.22. The number of esters is 1. The summed E-state index contributed by atoms with van der Waals surface area (Å²) in [5.41, 5.74) is 3.45. The van der Waals surface area contributed by atoms with E-state index in [1.54, 1.807) is 13.2 Å². The monoisotopic (exact) mass is 433 g/mol. The predicted octanol–water partition coefficient (Wildman–Crippen LogP) is 2.54. The third-order valence-corrected chi connectivity index (χ3v) is 5.41. The number of carbonyl (C=O) groups excluding carboxylic acids is 2. The molecule has 1 amide bonds. The minimum Gasteiger partial charge on any atom is -0.452 e. The SMILES string of the molecule is Cn1cc(C(=O)OCC(=O)Nc2ccc(N3CCN(Cc4ccccc4)CC3)cc2)cn1. The largest absolute Gasteiger partial charge is 0.452 e. The van der Waals surface area contributed by atoms with Crippen LogP contribution in [0.5, 0.6) is 0 Å². The first-order valence-corrected chi connectivity index (χ1v) is 10.6. The molecule has 32 heavy (non-hydrogen) atoms. The van der Waals surface area contributed by atoms with Gasteiger partial charge in [0, 0.05) is 57.3 Å². The Morgan fingerprint density at radius 2 is 1.72 bits per heavy atom. The number of piperazine rings is 1.